The summed E-state index contributed by atoms with van der Waals surface area (Å²) in [5, 5.41) is 7.28. The Balaban J connectivity index is 2.52. The first-order valence-electron chi connectivity index (χ1n) is 5.11. The van der Waals surface area contributed by atoms with Crippen molar-refractivity contribution in [1.82, 2.24) is 9.97 Å². The van der Waals surface area contributed by atoms with Gasteiger partial charge >= 0.3 is 0 Å². The predicted octanol–water partition coefficient (Wildman–Crippen LogP) is 3.62. The van der Waals surface area contributed by atoms with Crippen molar-refractivity contribution in [2.45, 2.75) is 30.5 Å². The molecule has 2 heterocycles. The van der Waals surface area contributed by atoms with E-state index in [0.717, 1.165) is 15.2 Å². The van der Waals surface area contributed by atoms with Gasteiger partial charge in [0.2, 0.25) is 5.95 Å². The third kappa shape index (κ3) is 2.47. The molecule has 0 bridgehead atoms. The number of thioether (sulfide) groups is 1. The lowest BCUT2D eigenvalue weighted by molar-refractivity contribution is 0.800. The van der Waals surface area contributed by atoms with E-state index in [9.17, 15) is 0 Å². The van der Waals surface area contributed by atoms with Crippen molar-refractivity contribution in [3.63, 3.8) is 0 Å². The van der Waals surface area contributed by atoms with E-state index < -0.39 is 0 Å². The van der Waals surface area contributed by atoms with Crippen LogP contribution in [0.15, 0.2) is 16.5 Å². The Morgan fingerprint density at radius 1 is 1.31 bits per heavy atom. The third-order valence-electron chi connectivity index (χ3n) is 1.92. The summed E-state index contributed by atoms with van der Waals surface area (Å²) < 4.78 is 0.161. The van der Waals surface area contributed by atoms with Crippen LogP contribution in [0.25, 0.3) is 10.2 Å². The largest absolute Gasteiger partial charge is 0.357 e. The van der Waals surface area contributed by atoms with E-state index in [1.54, 1.807) is 23.1 Å². The molecule has 0 aliphatic carbocycles. The molecule has 0 unspecified atom stereocenters. The zero-order valence-corrected chi connectivity index (χ0v) is 11.5. The van der Waals surface area contributed by atoms with Crippen LogP contribution in [0.3, 0.4) is 0 Å². The van der Waals surface area contributed by atoms with Crippen molar-refractivity contribution >= 4 is 39.3 Å². The van der Waals surface area contributed by atoms with Crippen LogP contribution in [0.5, 0.6) is 0 Å². The van der Waals surface area contributed by atoms with Crippen LogP contribution in [0.4, 0.5) is 5.95 Å². The summed E-state index contributed by atoms with van der Waals surface area (Å²) in [6.07, 6.45) is 0. The molecule has 0 amide bonds. The highest BCUT2D eigenvalue weighted by molar-refractivity contribution is 8.00. The van der Waals surface area contributed by atoms with E-state index in [2.05, 4.69) is 47.5 Å². The Hall–Kier alpha value is -0.810. The van der Waals surface area contributed by atoms with Gasteiger partial charge in [-0.25, -0.2) is 9.97 Å². The minimum Gasteiger partial charge on any atom is -0.357 e. The highest BCUT2D eigenvalue weighted by atomic mass is 32.2. The van der Waals surface area contributed by atoms with Crippen LogP contribution < -0.4 is 5.32 Å². The van der Waals surface area contributed by atoms with Crippen molar-refractivity contribution in [2.24, 2.45) is 0 Å². The normalized spacial score (nSPS) is 12.0. The van der Waals surface area contributed by atoms with Gasteiger partial charge < -0.3 is 5.32 Å². The molecule has 0 fully saturated rings. The molecule has 0 atom stereocenters. The topological polar surface area (TPSA) is 37.8 Å². The molecule has 16 heavy (non-hydrogen) atoms. The fraction of sp³-hybridized carbons (Fsp3) is 0.455. The van der Waals surface area contributed by atoms with Gasteiger partial charge in [-0.3, -0.25) is 0 Å². The van der Waals surface area contributed by atoms with Gasteiger partial charge in [0.1, 0.15) is 9.86 Å². The van der Waals surface area contributed by atoms with Gasteiger partial charge in [-0.05, 0) is 11.4 Å². The van der Waals surface area contributed by atoms with Gasteiger partial charge in [-0.15, -0.1) is 11.3 Å². The second-order valence-corrected chi connectivity index (χ2v) is 7.17. The quantitative estimate of drug-likeness (QED) is 0.655. The van der Waals surface area contributed by atoms with E-state index in [1.165, 1.54) is 0 Å². The summed E-state index contributed by atoms with van der Waals surface area (Å²) in [6, 6.07) is 2.09. The van der Waals surface area contributed by atoms with Gasteiger partial charge in [0.05, 0.1) is 0 Å². The average molecular weight is 253 g/mol. The molecule has 0 aliphatic heterocycles. The first-order valence-corrected chi connectivity index (χ1v) is 6.81. The van der Waals surface area contributed by atoms with E-state index in [-0.39, 0.29) is 4.75 Å². The summed E-state index contributed by atoms with van der Waals surface area (Å²) in [6.45, 7) is 6.57. The Kier molecular flexibility index (Phi) is 3.08. The van der Waals surface area contributed by atoms with Crippen LogP contribution >= 0.6 is 23.1 Å². The fourth-order valence-electron chi connectivity index (χ4n) is 1.31. The maximum Gasteiger partial charge on any atom is 0.224 e. The molecule has 0 aliphatic rings. The molecule has 0 spiro atoms. The second kappa shape index (κ2) is 4.22. The van der Waals surface area contributed by atoms with Crippen LogP contribution in [0.2, 0.25) is 0 Å². The van der Waals surface area contributed by atoms with E-state index in [1.807, 2.05) is 7.05 Å². The van der Waals surface area contributed by atoms with E-state index in [4.69, 9.17) is 0 Å². The number of anilines is 1. The molecule has 5 heteroatoms. The lowest BCUT2D eigenvalue weighted by Crippen LogP contribution is -2.08. The molecule has 0 saturated carbocycles. The number of fused-ring (bicyclic) bond motifs is 1. The number of nitrogens with one attached hydrogen (secondary N) is 1. The summed E-state index contributed by atoms with van der Waals surface area (Å²) in [5.74, 6) is 0.696. The second-order valence-electron chi connectivity index (χ2n) is 4.46. The standard InChI is InChI=1S/C11H15N3S2/c1-11(2,3)16-9-7-5-6-15-8(7)13-10(12-4)14-9/h5-6H,1-4H3,(H,12,13,14). The average Bonchev–Trinajstić information content (AvgIpc) is 2.63. The Morgan fingerprint density at radius 2 is 2.06 bits per heavy atom. The lowest BCUT2D eigenvalue weighted by atomic mass is 10.3. The molecular weight excluding hydrogens is 238 g/mol. The number of aromatic nitrogens is 2. The van der Waals surface area contributed by atoms with Crippen molar-refractivity contribution in [1.29, 1.82) is 0 Å². The molecule has 86 valence electrons. The maximum atomic E-state index is 4.52. The van der Waals surface area contributed by atoms with E-state index in [0.29, 0.717) is 5.95 Å². The monoisotopic (exact) mass is 253 g/mol. The van der Waals surface area contributed by atoms with Crippen molar-refractivity contribution < 1.29 is 0 Å². The Morgan fingerprint density at radius 3 is 2.69 bits per heavy atom. The number of hydrogen-bond donors (Lipinski definition) is 1. The number of rotatable bonds is 2. The summed E-state index contributed by atoms with van der Waals surface area (Å²) >= 11 is 3.43. The first-order chi connectivity index (χ1) is 7.49. The predicted molar refractivity (Wildman–Crippen MR) is 72.6 cm³/mol. The fourth-order valence-corrected chi connectivity index (χ4v) is 3.12. The SMILES string of the molecule is CNc1nc(SC(C)(C)C)c2ccsc2n1. The summed E-state index contributed by atoms with van der Waals surface area (Å²) in [4.78, 5) is 10.00. The van der Waals surface area contributed by atoms with Crippen LogP contribution in [0, 0.1) is 0 Å². The van der Waals surface area contributed by atoms with Gasteiger partial charge in [-0.1, -0.05) is 32.5 Å². The molecular formula is C11H15N3S2. The van der Waals surface area contributed by atoms with E-state index >= 15 is 0 Å². The van der Waals surface area contributed by atoms with Crippen LogP contribution in [-0.2, 0) is 0 Å². The number of nitrogens with zero attached hydrogens (tertiary/aromatic N) is 2. The summed E-state index contributed by atoms with van der Waals surface area (Å²) in [7, 11) is 1.85. The van der Waals surface area contributed by atoms with Crippen molar-refractivity contribution in [3.8, 4) is 0 Å². The molecule has 0 aromatic carbocycles. The minimum atomic E-state index is 0.161. The molecule has 2 aromatic rings. The Bertz CT molecular complexity index is 499. The molecule has 0 radical (unpaired) electrons. The Labute approximate surface area is 104 Å². The molecule has 2 rings (SSSR count). The zero-order valence-electron chi connectivity index (χ0n) is 9.87. The van der Waals surface area contributed by atoms with Gasteiger partial charge in [0.25, 0.3) is 0 Å². The first kappa shape index (κ1) is 11.7. The van der Waals surface area contributed by atoms with Gasteiger partial charge in [0.15, 0.2) is 0 Å². The molecule has 0 saturated heterocycles. The minimum absolute atomic E-state index is 0.161. The maximum absolute atomic E-state index is 4.52. The number of thiophene rings is 1. The highest BCUT2D eigenvalue weighted by Crippen LogP contribution is 2.36. The van der Waals surface area contributed by atoms with Crippen molar-refractivity contribution in [2.75, 3.05) is 12.4 Å². The van der Waals surface area contributed by atoms with Gasteiger partial charge in [0, 0.05) is 17.2 Å². The smallest absolute Gasteiger partial charge is 0.224 e. The van der Waals surface area contributed by atoms with Crippen molar-refractivity contribution in [3.05, 3.63) is 11.4 Å². The highest BCUT2D eigenvalue weighted by Gasteiger charge is 2.17. The van der Waals surface area contributed by atoms with Gasteiger partial charge in [-0.2, -0.15) is 0 Å². The zero-order chi connectivity index (χ0) is 11.8. The number of hydrogen-bond acceptors (Lipinski definition) is 5. The van der Waals surface area contributed by atoms with Crippen LogP contribution in [0.1, 0.15) is 20.8 Å². The van der Waals surface area contributed by atoms with Crippen LogP contribution in [-0.4, -0.2) is 21.8 Å². The lowest BCUT2D eigenvalue weighted by Gasteiger charge is -2.17. The molecule has 3 nitrogen and oxygen atoms in total. The molecule has 2 aromatic heterocycles. The summed E-state index contributed by atoms with van der Waals surface area (Å²) in [5.41, 5.74) is 0. The molecule has 1 N–H and O–H groups in total. The third-order valence-corrected chi connectivity index (χ3v) is 3.84.